The number of rotatable bonds is 7. The number of hydrogen-bond donors (Lipinski definition) is 0. The van der Waals surface area contributed by atoms with Gasteiger partial charge in [-0.1, -0.05) is 29.5 Å². The molecule has 0 unspecified atom stereocenters. The first-order valence-electron chi connectivity index (χ1n) is 8.27. The van der Waals surface area contributed by atoms with Gasteiger partial charge in [0.05, 0.1) is 31.2 Å². The largest absolute Gasteiger partial charge is 0.497 e. The number of carbonyl (C=O) groups excluding carboxylic acids is 1. The number of carbonyl (C=O) groups is 1. The summed E-state index contributed by atoms with van der Waals surface area (Å²) in [4.78, 5) is 12.7. The minimum atomic E-state index is -0.0917. The number of ketones is 1. The van der Waals surface area contributed by atoms with E-state index in [4.69, 9.17) is 9.47 Å². The highest BCUT2D eigenvalue weighted by Crippen LogP contribution is 2.27. The third-order valence-electron chi connectivity index (χ3n) is 4.06. The van der Waals surface area contributed by atoms with Crippen molar-refractivity contribution in [1.82, 2.24) is 20.2 Å². The number of nitrogens with zero attached hydrogens (tertiary/aromatic N) is 4. The van der Waals surface area contributed by atoms with Gasteiger partial charge < -0.3 is 9.47 Å². The van der Waals surface area contributed by atoms with Crippen LogP contribution in [-0.4, -0.2) is 46.0 Å². The third kappa shape index (κ3) is 4.11. The second-order valence-corrected chi connectivity index (χ2v) is 6.88. The van der Waals surface area contributed by atoms with Gasteiger partial charge in [-0.3, -0.25) is 4.79 Å². The van der Waals surface area contributed by atoms with Crippen LogP contribution < -0.4 is 9.47 Å². The minimum absolute atomic E-state index is 0.0917. The lowest BCUT2D eigenvalue weighted by Crippen LogP contribution is -2.07. The Labute approximate surface area is 161 Å². The molecule has 0 aliphatic carbocycles. The van der Waals surface area contributed by atoms with Crippen LogP contribution in [0.25, 0.3) is 5.69 Å². The summed E-state index contributed by atoms with van der Waals surface area (Å²) in [5, 5.41) is 12.4. The van der Waals surface area contributed by atoms with Crippen LogP contribution in [0.5, 0.6) is 11.5 Å². The molecule has 2 aromatic carbocycles. The van der Waals surface area contributed by atoms with E-state index in [2.05, 4.69) is 21.6 Å². The first-order valence-corrected chi connectivity index (χ1v) is 9.26. The number of Topliss-reactive ketones (excluding diaryl/α,β-unsaturated/α-hetero) is 1. The Morgan fingerprint density at radius 3 is 2.63 bits per heavy atom. The van der Waals surface area contributed by atoms with Crippen molar-refractivity contribution in [1.29, 1.82) is 0 Å². The van der Waals surface area contributed by atoms with E-state index in [0.717, 1.165) is 11.3 Å². The van der Waals surface area contributed by atoms with Crippen molar-refractivity contribution >= 4 is 17.5 Å². The fourth-order valence-corrected chi connectivity index (χ4v) is 3.47. The van der Waals surface area contributed by atoms with Crippen LogP contribution in [0.4, 0.5) is 0 Å². The zero-order valence-electron chi connectivity index (χ0n) is 15.6. The van der Waals surface area contributed by atoms with Gasteiger partial charge in [-0.25, -0.2) is 0 Å². The fourth-order valence-electron chi connectivity index (χ4n) is 2.70. The molecular formula is C19H20N4O3S. The average Bonchev–Trinajstić information content (AvgIpc) is 3.13. The molecule has 0 aliphatic heterocycles. The maximum absolute atomic E-state index is 12.7. The number of tetrazole rings is 1. The molecule has 0 fully saturated rings. The van der Waals surface area contributed by atoms with Crippen molar-refractivity contribution in [3.05, 3.63) is 53.1 Å². The molecule has 3 aromatic rings. The maximum Gasteiger partial charge on any atom is 0.214 e. The molecule has 0 atom stereocenters. The summed E-state index contributed by atoms with van der Waals surface area (Å²) in [6.07, 6.45) is 0. The van der Waals surface area contributed by atoms with Gasteiger partial charge in [0, 0.05) is 0 Å². The monoisotopic (exact) mass is 384 g/mol. The van der Waals surface area contributed by atoms with Crippen molar-refractivity contribution in [2.45, 2.75) is 19.0 Å². The number of thioether (sulfide) groups is 1. The quantitative estimate of drug-likeness (QED) is 0.457. The average molecular weight is 384 g/mol. The highest BCUT2D eigenvalue weighted by molar-refractivity contribution is 7.99. The Morgan fingerprint density at radius 2 is 1.93 bits per heavy atom. The van der Waals surface area contributed by atoms with Gasteiger partial charge in [-0.2, -0.15) is 4.68 Å². The van der Waals surface area contributed by atoms with Gasteiger partial charge in [0.25, 0.3) is 0 Å². The van der Waals surface area contributed by atoms with Crippen molar-refractivity contribution in [3.8, 4) is 17.2 Å². The topological polar surface area (TPSA) is 79.1 Å². The molecule has 0 amide bonds. The van der Waals surface area contributed by atoms with E-state index in [1.807, 2.05) is 26.0 Å². The molecule has 1 heterocycles. The number of ether oxygens (including phenoxy) is 2. The molecule has 0 radical (unpaired) electrons. The van der Waals surface area contributed by atoms with Crippen LogP contribution in [0.15, 0.2) is 41.6 Å². The van der Waals surface area contributed by atoms with Gasteiger partial charge in [0.15, 0.2) is 5.78 Å². The SMILES string of the molecule is COc1ccc(OC)c(C(=O)CSc2nnnn2-c2ccc(C)cc2C)c1. The molecule has 8 heteroatoms. The Kier molecular flexibility index (Phi) is 5.75. The smallest absolute Gasteiger partial charge is 0.214 e. The summed E-state index contributed by atoms with van der Waals surface area (Å²) in [5.74, 6) is 1.19. The second kappa shape index (κ2) is 8.22. The molecule has 0 saturated heterocycles. The predicted molar refractivity (Wildman–Crippen MR) is 103 cm³/mol. The zero-order chi connectivity index (χ0) is 19.4. The number of aryl methyl sites for hydroxylation is 2. The molecular weight excluding hydrogens is 364 g/mol. The number of hydrogen-bond acceptors (Lipinski definition) is 7. The van der Waals surface area contributed by atoms with Crippen LogP contribution in [0.2, 0.25) is 0 Å². The Hall–Kier alpha value is -2.87. The molecule has 0 bridgehead atoms. The van der Waals surface area contributed by atoms with Gasteiger partial charge >= 0.3 is 0 Å². The van der Waals surface area contributed by atoms with Crippen molar-refractivity contribution < 1.29 is 14.3 Å². The number of benzene rings is 2. The standard InChI is InChI=1S/C19H20N4O3S/c1-12-5-7-16(13(2)9-12)23-19(20-21-22-23)27-11-17(24)15-10-14(25-3)6-8-18(15)26-4/h5-10H,11H2,1-4H3. The van der Waals surface area contributed by atoms with Crippen molar-refractivity contribution in [2.24, 2.45) is 0 Å². The zero-order valence-corrected chi connectivity index (χ0v) is 16.4. The molecule has 3 rings (SSSR count). The number of methoxy groups -OCH3 is 2. The van der Waals surface area contributed by atoms with Gasteiger partial charge in [0.2, 0.25) is 5.16 Å². The normalized spacial score (nSPS) is 10.7. The van der Waals surface area contributed by atoms with Crippen LogP contribution in [0, 0.1) is 13.8 Å². The molecule has 7 nitrogen and oxygen atoms in total. The number of aromatic nitrogens is 4. The van der Waals surface area contributed by atoms with Crippen molar-refractivity contribution in [2.75, 3.05) is 20.0 Å². The summed E-state index contributed by atoms with van der Waals surface area (Å²) < 4.78 is 12.1. The summed E-state index contributed by atoms with van der Waals surface area (Å²) in [6, 6.07) is 11.2. The lowest BCUT2D eigenvalue weighted by molar-refractivity contribution is 0.101. The van der Waals surface area contributed by atoms with Crippen LogP contribution in [0.3, 0.4) is 0 Å². The maximum atomic E-state index is 12.7. The fraction of sp³-hybridized carbons (Fsp3) is 0.263. The van der Waals surface area contributed by atoms with Crippen LogP contribution >= 0.6 is 11.8 Å². The molecule has 0 aliphatic rings. The first kappa shape index (κ1) is 18.9. The molecule has 27 heavy (non-hydrogen) atoms. The van der Waals surface area contributed by atoms with E-state index in [0.29, 0.717) is 22.2 Å². The van der Waals surface area contributed by atoms with Crippen molar-refractivity contribution in [3.63, 3.8) is 0 Å². The van der Waals surface area contributed by atoms with Gasteiger partial charge in [-0.15, -0.1) is 5.10 Å². The Morgan fingerprint density at radius 1 is 1.11 bits per heavy atom. The van der Waals surface area contributed by atoms with E-state index in [1.54, 1.807) is 30.0 Å². The van der Waals surface area contributed by atoms with E-state index < -0.39 is 0 Å². The Bertz CT molecular complexity index is 971. The summed E-state index contributed by atoms with van der Waals surface area (Å²) in [5.41, 5.74) is 3.58. The van der Waals surface area contributed by atoms with Gasteiger partial charge in [0.1, 0.15) is 11.5 Å². The molecule has 0 N–H and O–H groups in total. The highest BCUT2D eigenvalue weighted by atomic mass is 32.2. The predicted octanol–water partition coefficient (Wildman–Crippen LogP) is 3.27. The summed E-state index contributed by atoms with van der Waals surface area (Å²) in [6.45, 7) is 4.04. The highest BCUT2D eigenvalue weighted by Gasteiger charge is 2.17. The molecule has 140 valence electrons. The molecule has 0 saturated carbocycles. The summed E-state index contributed by atoms with van der Waals surface area (Å²) in [7, 11) is 3.09. The van der Waals surface area contributed by atoms with E-state index in [9.17, 15) is 4.79 Å². The van der Waals surface area contributed by atoms with Crippen LogP contribution in [-0.2, 0) is 0 Å². The van der Waals surface area contributed by atoms with E-state index >= 15 is 0 Å². The molecule has 1 aromatic heterocycles. The minimum Gasteiger partial charge on any atom is -0.497 e. The lowest BCUT2D eigenvalue weighted by atomic mass is 10.1. The van der Waals surface area contributed by atoms with E-state index in [1.165, 1.54) is 24.4 Å². The lowest BCUT2D eigenvalue weighted by Gasteiger charge is -2.10. The first-order chi connectivity index (χ1) is 13.0. The van der Waals surface area contributed by atoms with Gasteiger partial charge in [-0.05, 0) is 54.1 Å². The summed E-state index contributed by atoms with van der Waals surface area (Å²) >= 11 is 1.28. The third-order valence-corrected chi connectivity index (χ3v) is 4.98. The Balaban J connectivity index is 1.80. The van der Waals surface area contributed by atoms with Crippen LogP contribution in [0.1, 0.15) is 21.5 Å². The second-order valence-electron chi connectivity index (χ2n) is 5.94. The van der Waals surface area contributed by atoms with E-state index in [-0.39, 0.29) is 11.5 Å². The molecule has 0 spiro atoms.